The van der Waals surface area contributed by atoms with E-state index in [9.17, 15) is 14.4 Å². The predicted molar refractivity (Wildman–Crippen MR) is 107 cm³/mol. The van der Waals surface area contributed by atoms with E-state index >= 15 is 0 Å². The summed E-state index contributed by atoms with van der Waals surface area (Å²) in [5.74, 6) is -0.0834. The number of hydrogen-bond donors (Lipinski definition) is 0. The second-order valence-electron chi connectivity index (χ2n) is 6.87. The highest BCUT2D eigenvalue weighted by atomic mass is 32.1. The van der Waals surface area contributed by atoms with E-state index in [2.05, 4.69) is 4.98 Å². The summed E-state index contributed by atoms with van der Waals surface area (Å²) in [4.78, 5) is 43.0. The third-order valence-electron chi connectivity index (χ3n) is 5.12. The Morgan fingerprint density at radius 2 is 2.00 bits per heavy atom. The highest BCUT2D eigenvalue weighted by molar-refractivity contribution is 7.20. The summed E-state index contributed by atoms with van der Waals surface area (Å²) >= 11 is 1.15. The maximum atomic E-state index is 12.7. The van der Waals surface area contributed by atoms with E-state index in [4.69, 9.17) is 4.74 Å². The lowest BCUT2D eigenvalue weighted by atomic mass is 10.1. The molecule has 0 fully saturated rings. The number of carbonyl (C=O) groups excluding carboxylic acids is 2. The SMILES string of the molecule is CCc1ccc(C(=O)COC(=O)c2sc3nc4n(c(=O)c3c2C)CCC4)cc1. The molecule has 0 saturated heterocycles. The van der Waals surface area contributed by atoms with Crippen molar-refractivity contribution in [3.63, 3.8) is 0 Å². The van der Waals surface area contributed by atoms with Crippen LogP contribution in [0.2, 0.25) is 0 Å². The number of benzene rings is 1. The van der Waals surface area contributed by atoms with Gasteiger partial charge in [-0.1, -0.05) is 31.2 Å². The molecule has 1 aliphatic heterocycles. The Kier molecular flexibility index (Phi) is 4.85. The van der Waals surface area contributed by atoms with Crippen LogP contribution in [0, 0.1) is 6.92 Å². The number of ketones is 1. The van der Waals surface area contributed by atoms with Gasteiger partial charge in [-0.25, -0.2) is 9.78 Å². The Morgan fingerprint density at radius 1 is 1.25 bits per heavy atom. The summed E-state index contributed by atoms with van der Waals surface area (Å²) in [5.41, 5.74) is 2.12. The molecule has 0 N–H and O–H groups in total. The van der Waals surface area contributed by atoms with Gasteiger partial charge < -0.3 is 4.74 Å². The molecule has 0 aliphatic carbocycles. The highest BCUT2D eigenvalue weighted by Gasteiger charge is 2.24. The number of fused-ring (bicyclic) bond motifs is 2. The lowest BCUT2D eigenvalue weighted by Crippen LogP contribution is -2.20. The first-order valence-corrected chi connectivity index (χ1v) is 10.1. The van der Waals surface area contributed by atoms with E-state index in [1.54, 1.807) is 23.6 Å². The largest absolute Gasteiger partial charge is 0.453 e. The van der Waals surface area contributed by atoms with Crippen LogP contribution in [-0.4, -0.2) is 27.9 Å². The van der Waals surface area contributed by atoms with Crippen molar-refractivity contribution in [2.24, 2.45) is 0 Å². The van der Waals surface area contributed by atoms with Crippen molar-refractivity contribution in [3.8, 4) is 0 Å². The van der Waals surface area contributed by atoms with Crippen LogP contribution in [0.1, 0.15) is 50.3 Å². The fourth-order valence-corrected chi connectivity index (χ4v) is 4.56. The molecule has 0 spiro atoms. The Hall–Kier alpha value is -2.80. The summed E-state index contributed by atoms with van der Waals surface area (Å²) in [6, 6.07) is 7.27. The van der Waals surface area contributed by atoms with Crippen LogP contribution in [-0.2, 0) is 24.1 Å². The number of rotatable bonds is 5. The average molecular weight is 396 g/mol. The van der Waals surface area contributed by atoms with Crippen LogP contribution in [0.4, 0.5) is 0 Å². The van der Waals surface area contributed by atoms with Crippen molar-refractivity contribution < 1.29 is 14.3 Å². The third-order valence-corrected chi connectivity index (χ3v) is 6.28. The molecule has 0 radical (unpaired) electrons. The van der Waals surface area contributed by atoms with Crippen LogP contribution in [0.3, 0.4) is 0 Å². The van der Waals surface area contributed by atoms with Crippen LogP contribution < -0.4 is 5.56 Å². The number of hydrogen-bond acceptors (Lipinski definition) is 6. The fraction of sp³-hybridized carbons (Fsp3) is 0.333. The smallest absolute Gasteiger partial charge is 0.349 e. The fourth-order valence-electron chi connectivity index (χ4n) is 3.48. The van der Waals surface area contributed by atoms with Gasteiger partial charge in [0.15, 0.2) is 12.4 Å². The van der Waals surface area contributed by atoms with E-state index in [1.165, 1.54) is 0 Å². The van der Waals surface area contributed by atoms with Crippen LogP contribution in [0.25, 0.3) is 10.2 Å². The first kappa shape index (κ1) is 18.6. The Bertz CT molecular complexity index is 1140. The number of Topliss-reactive ketones (excluding diaryl/α,β-unsaturated/α-hetero) is 1. The van der Waals surface area contributed by atoms with Crippen molar-refractivity contribution in [1.82, 2.24) is 9.55 Å². The van der Waals surface area contributed by atoms with E-state index in [0.29, 0.717) is 32.8 Å². The maximum absolute atomic E-state index is 12.7. The molecule has 0 saturated carbocycles. The summed E-state index contributed by atoms with van der Waals surface area (Å²) < 4.78 is 6.92. The second-order valence-corrected chi connectivity index (χ2v) is 7.87. The maximum Gasteiger partial charge on any atom is 0.349 e. The lowest BCUT2D eigenvalue weighted by Gasteiger charge is -2.05. The molecule has 0 unspecified atom stereocenters. The summed E-state index contributed by atoms with van der Waals surface area (Å²) in [7, 11) is 0. The second kappa shape index (κ2) is 7.31. The van der Waals surface area contributed by atoms with E-state index in [1.807, 2.05) is 19.1 Å². The number of esters is 1. The van der Waals surface area contributed by atoms with Gasteiger partial charge in [-0.05, 0) is 30.9 Å². The van der Waals surface area contributed by atoms with Gasteiger partial charge in [0.2, 0.25) is 0 Å². The van der Waals surface area contributed by atoms with Crippen molar-refractivity contribution in [3.05, 3.63) is 62.0 Å². The predicted octanol–water partition coefficient (Wildman–Crippen LogP) is 3.31. The Morgan fingerprint density at radius 3 is 2.71 bits per heavy atom. The molecule has 144 valence electrons. The standard InChI is InChI=1S/C21H20N2O4S/c1-3-13-6-8-14(9-7-13)15(24)11-27-21(26)18-12(2)17-19(28-18)22-16-5-4-10-23(16)20(17)25/h6-9H,3-5,10-11H2,1-2H3. The van der Waals surface area contributed by atoms with Gasteiger partial charge in [0.05, 0.1) is 5.39 Å². The molecule has 1 aliphatic rings. The third kappa shape index (κ3) is 3.16. The van der Waals surface area contributed by atoms with Gasteiger partial charge >= 0.3 is 5.97 Å². The first-order chi connectivity index (χ1) is 13.5. The number of thiophene rings is 1. The molecule has 3 aromatic rings. The lowest BCUT2D eigenvalue weighted by molar-refractivity contribution is 0.0479. The number of ether oxygens (including phenoxy) is 1. The van der Waals surface area contributed by atoms with Crippen LogP contribution in [0.15, 0.2) is 29.1 Å². The molecule has 2 aromatic heterocycles. The van der Waals surface area contributed by atoms with Crippen molar-refractivity contribution >= 4 is 33.3 Å². The molecule has 3 heterocycles. The zero-order valence-electron chi connectivity index (χ0n) is 15.8. The minimum Gasteiger partial charge on any atom is -0.453 e. The average Bonchev–Trinajstić information content (AvgIpc) is 3.31. The summed E-state index contributed by atoms with van der Waals surface area (Å²) in [6.07, 6.45) is 2.58. The number of carbonyl (C=O) groups is 2. The molecule has 4 rings (SSSR count). The first-order valence-electron chi connectivity index (χ1n) is 9.31. The van der Waals surface area contributed by atoms with Crippen LogP contribution in [0.5, 0.6) is 0 Å². The van der Waals surface area contributed by atoms with Crippen molar-refractivity contribution in [2.75, 3.05) is 6.61 Å². The topological polar surface area (TPSA) is 78.3 Å². The van der Waals surface area contributed by atoms with Crippen LogP contribution >= 0.6 is 11.3 Å². The minimum atomic E-state index is -0.594. The van der Waals surface area contributed by atoms with Crippen molar-refractivity contribution in [2.45, 2.75) is 39.7 Å². The molecule has 28 heavy (non-hydrogen) atoms. The van der Waals surface area contributed by atoms with Crippen molar-refractivity contribution in [1.29, 1.82) is 0 Å². The van der Waals surface area contributed by atoms with Gasteiger partial charge in [-0.15, -0.1) is 11.3 Å². The molecular weight excluding hydrogens is 376 g/mol. The Balaban J connectivity index is 1.54. The monoisotopic (exact) mass is 396 g/mol. The van der Waals surface area contributed by atoms with Gasteiger partial charge in [0, 0.05) is 18.5 Å². The molecule has 6 nitrogen and oxygen atoms in total. The molecular formula is C21H20N2O4S. The zero-order chi connectivity index (χ0) is 19.8. The Labute approximate surface area is 165 Å². The van der Waals surface area contributed by atoms with Gasteiger partial charge in [-0.2, -0.15) is 0 Å². The summed E-state index contributed by atoms with van der Waals surface area (Å²) in [6.45, 7) is 4.10. The molecule has 1 aromatic carbocycles. The van der Waals surface area contributed by atoms with Gasteiger partial charge in [0.25, 0.3) is 5.56 Å². The number of nitrogens with zero attached hydrogens (tertiary/aromatic N) is 2. The normalized spacial score (nSPS) is 12.9. The van der Waals surface area contributed by atoms with Gasteiger partial charge in [0.1, 0.15) is 15.5 Å². The zero-order valence-corrected chi connectivity index (χ0v) is 16.6. The quantitative estimate of drug-likeness (QED) is 0.488. The highest BCUT2D eigenvalue weighted by Crippen LogP contribution is 2.29. The van der Waals surface area contributed by atoms with Gasteiger partial charge in [-0.3, -0.25) is 14.2 Å². The number of aromatic nitrogens is 2. The minimum absolute atomic E-state index is 0.0996. The molecule has 0 amide bonds. The molecule has 0 atom stereocenters. The number of aryl methyl sites for hydroxylation is 3. The van der Waals surface area contributed by atoms with E-state index in [0.717, 1.165) is 42.0 Å². The summed E-state index contributed by atoms with van der Waals surface area (Å²) in [5, 5.41) is 0.476. The van der Waals surface area contributed by atoms with E-state index < -0.39 is 5.97 Å². The molecule has 0 bridgehead atoms. The van der Waals surface area contributed by atoms with E-state index in [-0.39, 0.29) is 17.9 Å². The molecule has 7 heteroatoms.